The number of carboxylic acid groups (broad SMARTS) is 1. The first-order valence-corrected chi connectivity index (χ1v) is 7.28. The first-order valence-electron chi connectivity index (χ1n) is 7.28. The predicted octanol–water partition coefficient (Wildman–Crippen LogP) is 2.22. The van der Waals surface area contributed by atoms with E-state index in [2.05, 4.69) is 0 Å². The minimum absolute atomic E-state index is 0.153. The number of hydrogen-bond donors (Lipinski definition) is 2. The van der Waals surface area contributed by atoms with Gasteiger partial charge < -0.3 is 14.9 Å². The number of carbonyl (C=O) groups excluding carboxylic acids is 1. The van der Waals surface area contributed by atoms with E-state index in [9.17, 15) is 14.7 Å². The number of aliphatic carboxylic acids is 1. The molecule has 0 radical (unpaired) electrons. The summed E-state index contributed by atoms with van der Waals surface area (Å²) in [5, 5.41) is 18.1. The highest BCUT2D eigenvalue weighted by Gasteiger charge is 2.58. The molecule has 5 nitrogen and oxygen atoms in total. The van der Waals surface area contributed by atoms with Gasteiger partial charge in [-0.25, -0.2) is 0 Å². The summed E-state index contributed by atoms with van der Waals surface area (Å²) < 4.78 is 5.27. The summed E-state index contributed by atoms with van der Waals surface area (Å²) in [4.78, 5) is 23.6. The van der Waals surface area contributed by atoms with Crippen LogP contribution in [0.1, 0.15) is 52.9 Å². The van der Waals surface area contributed by atoms with Crippen LogP contribution in [0.25, 0.3) is 0 Å². The Kier molecular flexibility index (Phi) is 5.57. The molecule has 0 aromatic carbocycles. The van der Waals surface area contributed by atoms with Crippen LogP contribution in [0.15, 0.2) is 0 Å². The van der Waals surface area contributed by atoms with E-state index >= 15 is 0 Å². The van der Waals surface area contributed by atoms with Gasteiger partial charge in [0.25, 0.3) is 0 Å². The predicted molar refractivity (Wildman–Crippen MR) is 74.1 cm³/mol. The Morgan fingerprint density at radius 1 is 1.20 bits per heavy atom. The maximum absolute atomic E-state index is 12.1. The number of esters is 1. The number of unbranched alkanes of at least 4 members (excludes halogenated alkanes) is 2. The second-order valence-electron chi connectivity index (χ2n) is 6.40. The lowest BCUT2D eigenvalue weighted by atomic mass is 9.66. The van der Waals surface area contributed by atoms with Crippen LogP contribution in [0.3, 0.4) is 0 Å². The molecule has 0 bridgehead atoms. The Balaban J connectivity index is 2.56. The van der Waals surface area contributed by atoms with Gasteiger partial charge in [-0.1, -0.05) is 13.8 Å². The Morgan fingerprint density at radius 2 is 1.85 bits per heavy atom. The van der Waals surface area contributed by atoms with Gasteiger partial charge in [-0.2, -0.15) is 0 Å². The van der Waals surface area contributed by atoms with E-state index in [1.165, 1.54) is 0 Å². The van der Waals surface area contributed by atoms with Crippen LogP contribution in [-0.4, -0.2) is 35.4 Å². The number of hydrogen-bond acceptors (Lipinski definition) is 4. The number of rotatable bonds is 7. The van der Waals surface area contributed by atoms with Crippen LogP contribution >= 0.6 is 0 Å². The largest absolute Gasteiger partial charge is 0.481 e. The third-order valence-corrected chi connectivity index (χ3v) is 5.03. The zero-order valence-corrected chi connectivity index (χ0v) is 12.6. The van der Waals surface area contributed by atoms with E-state index in [1.807, 2.05) is 13.8 Å². The molecule has 0 aromatic rings. The molecule has 1 saturated carbocycles. The fourth-order valence-electron chi connectivity index (χ4n) is 2.96. The van der Waals surface area contributed by atoms with Gasteiger partial charge in [-0.15, -0.1) is 0 Å². The van der Waals surface area contributed by atoms with Crippen LogP contribution in [-0.2, 0) is 14.3 Å². The molecule has 0 aromatic heterocycles. The standard InChI is InChI=1S/C15H26O5/c1-14(2)11(7-8-15(14,3)13(18)19)12(17)20-10-6-4-5-9-16/h11,16H,4-10H2,1-3H3,(H,18,19)/t11-,15+/m1/s1. The summed E-state index contributed by atoms with van der Waals surface area (Å²) >= 11 is 0. The van der Waals surface area contributed by atoms with Gasteiger partial charge in [-0.05, 0) is 44.4 Å². The van der Waals surface area contributed by atoms with Crippen LogP contribution in [0.5, 0.6) is 0 Å². The monoisotopic (exact) mass is 286 g/mol. The van der Waals surface area contributed by atoms with Gasteiger partial charge >= 0.3 is 11.9 Å². The minimum Gasteiger partial charge on any atom is -0.481 e. The molecular weight excluding hydrogens is 260 g/mol. The summed E-state index contributed by atoms with van der Waals surface area (Å²) in [5.74, 6) is -1.49. The molecule has 0 amide bonds. The summed E-state index contributed by atoms with van der Waals surface area (Å²) in [5.41, 5.74) is -1.49. The molecule has 5 heteroatoms. The van der Waals surface area contributed by atoms with E-state index in [1.54, 1.807) is 6.92 Å². The van der Waals surface area contributed by atoms with Gasteiger partial charge in [0.1, 0.15) is 0 Å². The summed E-state index contributed by atoms with van der Waals surface area (Å²) in [6, 6.07) is 0. The van der Waals surface area contributed by atoms with Crippen LogP contribution in [0, 0.1) is 16.7 Å². The van der Waals surface area contributed by atoms with Gasteiger partial charge in [0, 0.05) is 6.61 Å². The van der Waals surface area contributed by atoms with Crippen LogP contribution < -0.4 is 0 Å². The lowest BCUT2D eigenvalue weighted by Crippen LogP contribution is -2.43. The molecule has 2 atom stereocenters. The number of aliphatic hydroxyl groups excluding tert-OH is 1. The summed E-state index contributed by atoms with van der Waals surface area (Å²) in [6.07, 6.45) is 3.33. The van der Waals surface area contributed by atoms with Crippen molar-refractivity contribution < 1.29 is 24.5 Å². The Labute approximate surface area is 120 Å². The van der Waals surface area contributed by atoms with Crippen molar-refractivity contribution in [2.24, 2.45) is 16.7 Å². The van der Waals surface area contributed by atoms with E-state index < -0.39 is 16.8 Å². The van der Waals surface area contributed by atoms with Crippen molar-refractivity contribution in [3.63, 3.8) is 0 Å². The fraction of sp³-hybridized carbons (Fsp3) is 0.867. The summed E-state index contributed by atoms with van der Waals surface area (Å²) in [7, 11) is 0. The summed E-state index contributed by atoms with van der Waals surface area (Å²) in [6.45, 7) is 5.89. The van der Waals surface area contributed by atoms with Gasteiger partial charge in [-0.3, -0.25) is 9.59 Å². The highest BCUT2D eigenvalue weighted by Crippen LogP contribution is 2.56. The lowest BCUT2D eigenvalue weighted by molar-refractivity contribution is -0.160. The highest BCUT2D eigenvalue weighted by atomic mass is 16.5. The minimum atomic E-state index is -0.881. The first kappa shape index (κ1) is 17.0. The average Bonchev–Trinajstić information content (AvgIpc) is 2.61. The zero-order chi connectivity index (χ0) is 15.4. The van der Waals surface area contributed by atoms with Crippen LogP contribution in [0.4, 0.5) is 0 Å². The van der Waals surface area contributed by atoms with Gasteiger partial charge in [0.15, 0.2) is 0 Å². The second-order valence-corrected chi connectivity index (χ2v) is 6.40. The molecule has 1 aliphatic rings. The van der Waals surface area contributed by atoms with Crippen molar-refractivity contribution in [3.8, 4) is 0 Å². The normalized spacial score (nSPS) is 28.3. The maximum Gasteiger partial charge on any atom is 0.309 e. The molecule has 20 heavy (non-hydrogen) atoms. The molecule has 116 valence electrons. The molecule has 2 N–H and O–H groups in total. The maximum atomic E-state index is 12.1. The van der Waals surface area contributed by atoms with Crippen molar-refractivity contribution in [3.05, 3.63) is 0 Å². The topological polar surface area (TPSA) is 83.8 Å². The van der Waals surface area contributed by atoms with E-state index in [0.717, 1.165) is 12.8 Å². The Morgan fingerprint density at radius 3 is 2.35 bits per heavy atom. The van der Waals surface area contributed by atoms with Gasteiger partial charge in [0.05, 0.1) is 17.9 Å². The van der Waals surface area contributed by atoms with E-state index in [0.29, 0.717) is 25.9 Å². The molecule has 0 spiro atoms. The number of carboxylic acids is 1. The third kappa shape index (κ3) is 3.14. The SMILES string of the molecule is CC1(C)[C@@H](C(=O)OCCCCCO)CC[C@@]1(C)C(=O)O. The molecule has 0 unspecified atom stereocenters. The Bertz CT molecular complexity index is 363. The molecule has 1 aliphatic carbocycles. The molecule has 0 aliphatic heterocycles. The number of aliphatic hydroxyl groups is 1. The van der Waals surface area contributed by atoms with Crippen molar-refractivity contribution in [1.82, 2.24) is 0 Å². The van der Waals surface area contributed by atoms with Gasteiger partial charge in [0.2, 0.25) is 0 Å². The van der Waals surface area contributed by atoms with Crippen molar-refractivity contribution >= 4 is 11.9 Å². The molecule has 0 saturated heterocycles. The molecule has 0 heterocycles. The van der Waals surface area contributed by atoms with Crippen molar-refractivity contribution in [1.29, 1.82) is 0 Å². The third-order valence-electron chi connectivity index (χ3n) is 5.03. The van der Waals surface area contributed by atoms with Crippen molar-refractivity contribution in [2.45, 2.75) is 52.9 Å². The smallest absolute Gasteiger partial charge is 0.309 e. The first-order chi connectivity index (χ1) is 9.27. The number of carbonyl (C=O) groups is 2. The Hall–Kier alpha value is -1.10. The quantitative estimate of drug-likeness (QED) is 0.554. The van der Waals surface area contributed by atoms with Crippen LogP contribution in [0.2, 0.25) is 0 Å². The fourth-order valence-corrected chi connectivity index (χ4v) is 2.96. The van der Waals surface area contributed by atoms with Crippen molar-refractivity contribution in [2.75, 3.05) is 13.2 Å². The molecule has 1 fully saturated rings. The highest BCUT2D eigenvalue weighted by molar-refractivity contribution is 5.80. The average molecular weight is 286 g/mol. The molecular formula is C15H26O5. The zero-order valence-electron chi connectivity index (χ0n) is 12.6. The molecule has 1 rings (SSSR count). The lowest BCUT2D eigenvalue weighted by Gasteiger charge is -2.37. The second kappa shape index (κ2) is 6.57. The van der Waals surface area contributed by atoms with E-state index in [4.69, 9.17) is 9.84 Å². The van der Waals surface area contributed by atoms with E-state index in [-0.39, 0.29) is 18.5 Å². The number of ether oxygens (including phenoxy) is 1.